The fourth-order valence-electron chi connectivity index (χ4n) is 2.02. The maximum absolute atomic E-state index is 13.6. The molecule has 0 spiro atoms. The van der Waals surface area contributed by atoms with E-state index in [2.05, 4.69) is 0 Å². The van der Waals surface area contributed by atoms with Gasteiger partial charge in [0.1, 0.15) is 11.5 Å². The van der Waals surface area contributed by atoms with Crippen LogP contribution < -0.4 is 14.4 Å². The zero-order chi connectivity index (χ0) is 17.0. The second-order valence-corrected chi connectivity index (χ2v) is 6.78. The van der Waals surface area contributed by atoms with Crippen LogP contribution >= 0.6 is 7.60 Å². The minimum atomic E-state index is -3.97. The molecule has 0 saturated carbocycles. The SMILES string of the molecule is O=P(Oc1ccccc1)(Oc1ccccc1)c1ccc(F)c(F)c1. The van der Waals surface area contributed by atoms with E-state index in [1.807, 2.05) is 0 Å². The number of hydrogen-bond acceptors (Lipinski definition) is 3. The smallest absolute Gasteiger partial charge is 0.413 e. The molecule has 0 aliphatic heterocycles. The van der Waals surface area contributed by atoms with Gasteiger partial charge >= 0.3 is 7.60 Å². The summed E-state index contributed by atoms with van der Waals surface area (Å²) in [7, 11) is -3.97. The van der Waals surface area contributed by atoms with Crippen LogP contribution in [-0.2, 0) is 4.57 Å². The molecule has 3 nitrogen and oxygen atoms in total. The van der Waals surface area contributed by atoms with Gasteiger partial charge in [0, 0.05) is 0 Å². The quantitative estimate of drug-likeness (QED) is 0.614. The summed E-state index contributed by atoms with van der Waals surface area (Å²) < 4.78 is 51.1. The van der Waals surface area contributed by atoms with Crippen molar-refractivity contribution in [1.29, 1.82) is 0 Å². The van der Waals surface area contributed by atoms with Crippen LogP contribution in [0.3, 0.4) is 0 Å². The summed E-state index contributed by atoms with van der Waals surface area (Å²) in [6.07, 6.45) is 0. The number of benzene rings is 3. The van der Waals surface area contributed by atoms with Crippen molar-refractivity contribution in [2.45, 2.75) is 0 Å². The molecule has 0 bridgehead atoms. The largest absolute Gasteiger partial charge is 0.462 e. The average molecular weight is 346 g/mol. The highest BCUT2D eigenvalue weighted by molar-refractivity contribution is 7.63. The van der Waals surface area contributed by atoms with E-state index in [0.29, 0.717) is 11.5 Å². The van der Waals surface area contributed by atoms with E-state index in [1.54, 1.807) is 60.7 Å². The molecular weight excluding hydrogens is 333 g/mol. The van der Waals surface area contributed by atoms with Crippen molar-refractivity contribution in [2.75, 3.05) is 0 Å². The molecule has 0 N–H and O–H groups in total. The summed E-state index contributed by atoms with van der Waals surface area (Å²) in [6, 6.07) is 19.6. The molecule has 6 heteroatoms. The van der Waals surface area contributed by atoms with Gasteiger partial charge in [-0.25, -0.2) is 13.3 Å². The van der Waals surface area contributed by atoms with Crippen molar-refractivity contribution < 1.29 is 22.4 Å². The zero-order valence-corrected chi connectivity index (χ0v) is 13.3. The van der Waals surface area contributed by atoms with Crippen molar-refractivity contribution >= 4 is 12.9 Å². The van der Waals surface area contributed by atoms with Crippen LogP contribution in [0.25, 0.3) is 0 Å². The van der Waals surface area contributed by atoms with E-state index < -0.39 is 19.2 Å². The van der Waals surface area contributed by atoms with Gasteiger partial charge in [-0.05, 0) is 42.5 Å². The fourth-order valence-corrected chi connectivity index (χ4v) is 3.59. The fraction of sp³-hybridized carbons (Fsp3) is 0. The molecule has 0 aliphatic carbocycles. The first kappa shape index (κ1) is 16.2. The summed E-state index contributed by atoms with van der Waals surface area (Å²) in [4.78, 5) is 0. The highest BCUT2D eigenvalue weighted by Crippen LogP contribution is 2.47. The van der Waals surface area contributed by atoms with Crippen LogP contribution in [0.15, 0.2) is 78.9 Å². The van der Waals surface area contributed by atoms with Crippen molar-refractivity contribution in [3.63, 3.8) is 0 Å². The molecule has 0 radical (unpaired) electrons. The molecule has 3 aromatic rings. The maximum atomic E-state index is 13.6. The normalized spacial score (nSPS) is 11.1. The van der Waals surface area contributed by atoms with E-state index >= 15 is 0 Å². The topological polar surface area (TPSA) is 35.5 Å². The Bertz CT molecular complexity index is 824. The minimum absolute atomic E-state index is 0.0749. The Kier molecular flexibility index (Phi) is 4.63. The summed E-state index contributed by atoms with van der Waals surface area (Å²) in [5, 5.41) is -0.0749. The molecule has 0 unspecified atom stereocenters. The third kappa shape index (κ3) is 3.63. The van der Waals surface area contributed by atoms with Gasteiger partial charge in [-0.1, -0.05) is 36.4 Å². The number of para-hydroxylation sites is 2. The molecule has 0 aliphatic rings. The lowest BCUT2D eigenvalue weighted by molar-refractivity contribution is 0.399. The summed E-state index contributed by atoms with van der Waals surface area (Å²) in [6.45, 7) is 0. The molecule has 3 rings (SSSR count). The van der Waals surface area contributed by atoms with E-state index in [1.165, 1.54) is 6.07 Å². The predicted molar refractivity (Wildman–Crippen MR) is 87.7 cm³/mol. The first-order valence-corrected chi connectivity index (χ1v) is 8.66. The van der Waals surface area contributed by atoms with Crippen LogP contribution in [-0.4, -0.2) is 0 Å². The predicted octanol–water partition coefficient (Wildman–Crippen LogP) is 4.94. The first-order valence-electron chi connectivity index (χ1n) is 7.12. The van der Waals surface area contributed by atoms with Crippen molar-refractivity contribution in [2.24, 2.45) is 0 Å². The lowest BCUT2D eigenvalue weighted by Crippen LogP contribution is -2.16. The highest BCUT2D eigenvalue weighted by Gasteiger charge is 2.32. The Morgan fingerprint density at radius 3 is 1.62 bits per heavy atom. The Hall–Kier alpha value is -2.65. The second kappa shape index (κ2) is 6.85. The van der Waals surface area contributed by atoms with Crippen LogP contribution in [0, 0.1) is 11.6 Å². The van der Waals surface area contributed by atoms with E-state index in [0.717, 1.165) is 12.1 Å². The maximum Gasteiger partial charge on any atom is 0.462 e. The van der Waals surface area contributed by atoms with Crippen LogP contribution in [0.4, 0.5) is 8.78 Å². The number of hydrogen-bond donors (Lipinski definition) is 0. The Labute approximate surface area is 138 Å². The summed E-state index contributed by atoms with van der Waals surface area (Å²) in [5.41, 5.74) is 0. The average Bonchev–Trinajstić information content (AvgIpc) is 2.59. The lowest BCUT2D eigenvalue weighted by atomic mass is 10.3. The van der Waals surface area contributed by atoms with Gasteiger partial charge in [0.25, 0.3) is 0 Å². The van der Waals surface area contributed by atoms with E-state index in [-0.39, 0.29) is 5.30 Å². The molecule has 24 heavy (non-hydrogen) atoms. The van der Waals surface area contributed by atoms with Crippen molar-refractivity contribution in [3.8, 4) is 11.5 Å². The third-order valence-corrected chi connectivity index (χ3v) is 4.97. The molecule has 0 heterocycles. The van der Waals surface area contributed by atoms with Crippen LogP contribution in [0.2, 0.25) is 0 Å². The van der Waals surface area contributed by atoms with Gasteiger partial charge in [-0.2, -0.15) is 0 Å². The molecule has 0 aromatic heterocycles. The van der Waals surface area contributed by atoms with Crippen LogP contribution in [0.5, 0.6) is 11.5 Å². The third-order valence-electron chi connectivity index (χ3n) is 3.16. The molecule has 3 aromatic carbocycles. The molecule has 0 saturated heterocycles. The number of halogens is 2. The minimum Gasteiger partial charge on any atom is -0.413 e. The van der Waals surface area contributed by atoms with E-state index in [9.17, 15) is 13.3 Å². The summed E-state index contributed by atoms with van der Waals surface area (Å²) >= 11 is 0. The zero-order valence-electron chi connectivity index (χ0n) is 12.4. The highest BCUT2D eigenvalue weighted by atomic mass is 31.2. The van der Waals surface area contributed by atoms with Crippen LogP contribution in [0.1, 0.15) is 0 Å². The van der Waals surface area contributed by atoms with Gasteiger partial charge in [-0.15, -0.1) is 0 Å². The van der Waals surface area contributed by atoms with E-state index in [4.69, 9.17) is 9.05 Å². The van der Waals surface area contributed by atoms with Gasteiger partial charge in [0.2, 0.25) is 0 Å². The Balaban J connectivity index is 2.02. The molecule has 0 fully saturated rings. The van der Waals surface area contributed by atoms with Gasteiger partial charge in [0.15, 0.2) is 11.6 Å². The monoisotopic (exact) mass is 346 g/mol. The number of rotatable bonds is 5. The first-order chi connectivity index (χ1) is 11.6. The molecule has 122 valence electrons. The van der Waals surface area contributed by atoms with Gasteiger partial charge in [-0.3, -0.25) is 0 Å². The molecule has 0 amide bonds. The molecule has 0 atom stereocenters. The Morgan fingerprint density at radius 2 is 1.17 bits per heavy atom. The summed E-state index contributed by atoms with van der Waals surface area (Å²) in [5.74, 6) is -1.58. The van der Waals surface area contributed by atoms with Gasteiger partial charge < -0.3 is 9.05 Å². The molecular formula is C18H13F2O3P. The Morgan fingerprint density at radius 1 is 0.667 bits per heavy atom. The lowest BCUT2D eigenvalue weighted by Gasteiger charge is -2.20. The van der Waals surface area contributed by atoms with Crippen molar-refractivity contribution in [1.82, 2.24) is 0 Å². The van der Waals surface area contributed by atoms with Gasteiger partial charge in [0.05, 0.1) is 5.30 Å². The van der Waals surface area contributed by atoms with Crippen molar-refractivity contribution in [3.05, 3.63) is 90.5 Å². The second-order valence-electron chi connectivity index (χ2n) is 4.90. The standard InChI is InChI=1S/C18H13F2O3P/c19-17-12-11-16(13-18(17)20)24(21,22-14-7-3-1-4-8-14)23-15-9-5-2-6-10-15/h1-13H.